The summed E-state index contributed by atoms with van der Waals surface area (Å²) in [5, 5.41) is 0.695. The van der Waals surface area contributed by atoms with Gasteiger partial charge in [0.2, 0.25) is 0 Å². The van der Waals surface area contributed by atoms with Crippen molar-refractivity contribution in [1.29, 1.82) is 0 Å². The standard InChI is InChI=1S/C17H23N3OS/c1-5-6-15-14(16(21)19-17(18-15)22-4)11-12-7-9-13(10-8-12)20(2)3/h7-10H,5-6,11H2,1-4H3,(H,18,19,21). The molecule has 0 aliphatic heterocycles. The van der Waals surface area contributed by atoms with Crippen LogP contribution in [-0.2, 0) is 12.8 Å². The topological polar surface area (TPSA) is 49.0 Å². The normalized spacial score (nSPS) is 10.7. The van der Waals surface area contributed by atoms with Crippen LogP contribution in [0.15, 0.2) is 34.2 Å². The fourth-order valence-corrected chi connectivity index (χ4v) is 2.76. The molecule has 0 aliphatic carbocycles. The third-order valence-corrected chi connectivity index (χ3v) is 4.17. The fraction of sp³-hybridized carbons (Fsp3) is 0.412. The predicted molar refractivity (Wildman–Crippen MR) is 94.2 cm³/mol. The zero-order chi connectivity index (χ0) is 16.1. The Kier molecular flexibility index (Phi) is 5.66. The highest BCUT2D eigenvalue weighted by atomic mass is 32.2. The van der Waals surface area contributed by atoms with E-state index in [1.165, 1.54) is 11.8 Å². The van der Waals surface area contributed by atoms with Crippen molar-refractivity contribution in [2.24, 2.45) is 0 Å². The van der Waals surface area contributed by atoms with Crippen LogP contribution in [-0.4, -0.2) is 30.3 Å². The van der Waals surface area contributed by atoms with Crippen molar-refractivity contribution in [1.82, 2.24) is 9.97 Å². The zero-order valence-corrected chi connectivity index (χ0v) is 14.5. The Morgan fingerprint density at radius 1 is 1.23 bits per heavy atom. The molecule has 0 atom stereocenters. The summed E-state index contributed by atoms with van der Waals surface area (Å²) in [6.45, 7) is 2.11. The van der Waals surface area contributed by atoms with E-state index in [1.54, 1.807) is 0 Å². The van der Waals surface area contributed by atoms with Crippen LogP contribution in [0.3, 0.4) is 0 Å². The minimum Gasteiger partial charge on any atom is -0.378 e. The molecule has 0 spiro atoms. The lowest BCUT2D eigenvalue weighted by molar-refractivity contribution is 0.789. The number of aromatic amines is 1. The van der Waals surface area contributed by atoms with Crippen LogP contribution in [0, 0.1) is 0 Å². The Morgan fingerprint density at radius 3 is 2.45 bits per heavy atom. The van der Waals surface area contributed by atoms with Gasteiger partial charge in [0.05, 0.1) is 5.69 Å². The Morgan fingerprint density at radius 2 is 1.91 bits per heavy atom. The number of aromatic nitrogens is 2. The average Bonchev–Trinajstić information content (AvgIpc) is 2.51. The van der Waals surface area contributed by atoms with Gasteiger partial charge >= 0.3 is 0 Å². The van der Waals surface area contributed by atoms with E-state index < -0.39 is 0 Å². The molecule has 0 bridgehead atoms. The van der Waals surface area contributed by atoms with Crippen LogP contribution in [0.25, 0.3) is 0 Å². The number of benzene rings is 1. The number of thioether (sulfide) groups is 1. The minimum atomic E-state index is -0.0144. The first-order chi connectivity index (χ1) is 10.5. The maximum atomic E-state index is 12.4. The Bertz CT molecular complexity index is 677. The van der Waals surface area contributed by atoms with E-state index in [9.17, 15) is 4.79 Å². The van der Waals surface area contributed by atoms with Crippen molar-refractivity contribution < 1.29 is 0 Å². The molecule has 1 N–H and O–H groups in total. The molecule has 0 saturated heterocycles. The lowest BCUT2D eigenvalue weighted by atomic mass is 10.0. The molecule has 22 heavy (non-hydrogen) atoms. The number of hydrogen-bond acceptors (Lipinski definition) is 4. The van der Waals surface area contributed by atoms with Crippen molar-refractivity contribution in [2.45, 2.75) is 31.3 Å². The van der Waals surface area contributed by atoms with Gasteiger partial charge in [-0.05, 0) is 30.4 Å². The molecule has 4 nitrogen and oxygen atoms in total. The summed E-state index contributed by atoms with van der Waals surface area (Å²) in [6.07, 6.45) is 4.37. The quantitative estimate of drug-likeness (QED) is 0.657. The molecule has 0 radical (unpaired) electrons. The molecule has 1 aromatic heterocycles. The van der Waals surface area contributed by atoms with Crippen LogP contribution in [0.1, 0.15) is 30.2 Å². The molecule has 0 aliphatic rings. The molecule has 0 unspecified atom stereocenters. The zero-order valence-electron chi connectivity index (χ0n) is 13.6. The van der Waals surface area contributed by atoms with Crippen LogP contribution in [0.2, 0.25) is 0 Å². The van der Waals surface area contributed by atoms with Crippen molar-refractivity contribution in [3.63, 3.8) is 0 Å². The van der Waals surface area contributed by atoms with E-state index in [4.69, 9.17) is 0 Å². The van der Waals surface area contributed by atoms with Gasteiger partial charge in [-0.15, -0.1) is 0 Å². The third kappa shape index (κ3) is 3.91. The summed E-state index contributed by atoms with van der Waals surface area (Å²) in [4.78, 5) is 21.9. The predicted octanol–water partition coefficient (Wildman–Crippen LogP) is 3.10. The van der Waals surface area contributed by atoms with E-state index in [1.807, 2.05) is 20.4 Å². The highest BCUT2D eigenvalue weighted by Crippen LogP contribution is 2.17. The molecule has 0 fully saturated rings. The Labute approximate surface area is 136 Å². The summed E-state index contributed by atoms with van der Waals surface area (Å²) in [7, 11) is 4.04. The van der Waals surface area contributed by atoms with Gasteiger partial charge in [0.15, 0.2) is 5.16 Å². The van der Waals surface area contributed by atoms with Gasteiger partial charge in [-0.25, -0.2) is 4.98 Å². The van der Waals surface area contributed by atoms with Gasteiger partial charge in [-0.1, -0.05) is 37.2 Å². The largest absolute Gasteiger partial charge is 0.378 e. The molecule has 5 heteroatoms. The summed E-state index contributed by atoms with van der Waals surface area (Å²) >= 11 is 1.47. The van der Waals surface area contributed by atoms with Gasteiger partial charge in [0, 0.05) is 31.8 Å². The molecular formula is C17H23N3OS. The molecule has 118 valence electrons. The minimum absolute atomic E-state index is 0.0144. The first-order valence-electron chi connectivity index (χ1n) is 7.47. The average molecular weight is 317 g/mol. The van der Waals surface area contributed by atoms with E-state index in [2.05, 4.69) is 46.1 Å². The Balaban J connectivity index is 2.33. The number of anilines is 1. The summed E-state index contributed by atoms with van der Waals surface area (Å²) in [5.41, 5.74) is 3.98. The van der Waals surface area contributed by atoms with Crippen molar-refractivity contribution in [2.75, 3.05) is 25.3 Å². The summed E-state index contributed by atoms with van der Waals surface area (Å²) in [6, 6.07) is 8.30. The number of H-pyrrole nitrogens is 1. The van der Waals surface area contributed by atoms with Gasteiger partial charge in [-0.2, -0.15) is 0 Å². The van der Waals surface area contributed by atoms with Crippen LogP contribution in [0.5, 0.6) is 0 Å². The molecule has 2 rings (SSSR count). The first-order valence-corrected chi connectivity index (χ1v) is 8.70. The summed E-state index contributed by atoms with van der Waals surface area (Å²) in [5.74, 6) is 0. The third-order valence-electron chi connectivity index (χ3n) is 3.59. The van der Waals surface area contributed by atoms with Gasteiger partial charge in [0.25, 0.3) is 5.56 Å². The molecule has 0 amide bonds. The second kappa shape index (κ2) is 7.49. The first kappa shape index (κ1) is 16.6. The molecular weight excluding hydrogens is 294 g/mol. The number of aryl methyl sites for hydroxylation is 1. The van der Waals surface area contributed by atoms with Crippen molar-refractivity contribution >= 4 is 17.4 Å². The fourth-order valence-electron chi connectivity index (χ4n) is 2.36. The number of rotatable bonds is 6. The lowest BCUT2D eigenvalue weighted by Crippen LogP contribution is -2.19. The van der Waals surface area contributed by atoms with Crippen molar-refractivity contribution in [3.05, 3.63) is 51.4 Å². The molecule has 0 saturated carbocycles. The monoisotopic (exact) mass is 317 g/mol. The molecule has 2 aromatic rings. The number of nitrogens with zero attached hydrogens (tertiary/aromatic N) is 2. The maximum absolute atomic E-state index is 12.4. The lowest BCUT2D eigenvalue weighted by Gasteiger charge is -2.13. The second-order valence-electron chi connectivity index (χ2n) is 5.49. The number of nitrogens with one attached hydrogen (secondary N) is 1. The van der Waals surface area contributed by atoms with Gasteiger partial charge in [0.1, 0.15) is 0 Å². The van der Waals surface area contributed by atoms with E-state index in [0.29, 0.717) is 11.6 Å². The second-order valence-corrected chi connectivity index (χ2v) is 6.28. The molecule has 1 aromatic carbocycles. The highest BCUT2D eigenvalue weighted by molar-refractivity contribution is 7.98. The molecule has 1 heterocycles. The summed E-state index contributed by atoms with van der Waals surface area (Å²) < 4.78 is 0. The highest BCUT2D eigenvalue weighted by Gasteiger charge is 2.11. The SMILES string of the molecule is CCCc1nc(SC)[nH]c(=O)c1Cc1ccc(N(C)C)cc1. The van der Waals surface area contributed by atoms with Gasteiger partial charge in [-0.3, -0.25) is 4.79 Å². The van der Waals surface area contributed by atoms with Crippen LogP contribution >= 0.6 is 11.8 Å². The van der Waals surface area contributed by atoms with E-state index in [-0.39, 0.29) is 5.56 Å². The van der Waals surface area contributed by atoms with Crippen LogP contribution in [0.4, 0.5) is 5.69 Å². The smallest absolute Gasteiger partial charge is 0.255 e. The number of hydrogen-bond donors (Lipinski definition) is 1. The van der Waals surface area contributed by atoms with E-state index in [0.717, 1.165) is 35.3 Å². The van der Waals surface area contributed by atoms with Crippen molar-refractivity contribution in [3.8, 4) is 0 Å². The van der Waals surface area contributed by atoms with Crippen LogP contribution < -0.4 is 10.5 Å². The maximum Gasteiger partial charge on any atom is 0.255 e. The van der Waals surface area contributed by atoms with E-state index >= 15 is 0 Å². The Hall–Kier alpha value is -1.75. The van der Waals surface area contributed by atoms with Gasteiger partial charge < -0.3 is 9.88 Å².